The monoisotopic (exact) mass is 158 g/mol. The Morgan fingerprint density at radius 3 is 2.73 bits per heavy atom. The van der Waals surface area contributed by atoms with Gasteiger partial charge < -0.3 is 9.84 Å². The molecular weight excluding hydrogens is 144 g/mol. The number of hydrogen-bond donors (Lipinski definition) is 1. The lowest BCUT2D eigenvalue weighted by atomic mass is 9.72. The van der Waals surface area contributed by atoms with Crippen LogP contribution < -0.4 is 0 Å². The van der Waals surface area contributed by atoms with E-state index in [0.29, 0.717) is 5.92 Å². The Balaban J connectivity index is 2.30. The highest BCUT2D eigenvalue weighted by Crippen LogP contribution is 2.37. The standard InChI is InChI=1S/C8H14O3/c1-11-8(10)7-3-2-6(7)4-5-9/h6-7,9H,2-5H2,1H3. The van der Waals surface area contributed by atoms with Gasteiger partial charge in [0.25, 0.3) is 0 Å². The molecule has 0 aromatic carbocycles. The maximum atomic E-state index is 11.0. The van der Waals surface area contributed by atoms with Gasteiger partial charge in [-0.05, 0) is 25.2 Å². The molecule has 0 aliphatic heterocycles. The van der Waals surface area contributed by atoms with Gasteiger partial charge in [0, 0.05) is 6.61 Å². The Kier molecular flexibility index (Phi) is 2.88. The van der Waals surface area contributed by atoms with Crippen molar-refractivity contribution in [3.05, 3.63) is 0 Å². The SMILES string of the molecule is COC(=O)C1CCC1CCO. The molecule has 0 saturated heterocycles. The minimum absolute atomic E-state index is 0.0622. The van der Waals surface area contributed by atoms with Gasteiger partial charge in [-0.15, -0.1) is 0 Å². The molecule has 11 heavy (non-hydrogen) atoms. The van der Waals surface area contributed by atoms with Crippen LogP contribution in [-0.4, -0.2) is 24.8 Å². The molecule has 0 aromatic heterocycles. The predicted molar refractivity (Wildman–Crippen MR) is 39.9 cm³/mol. The first-order valence-corrected chi connectivity index (χ1v) is 3.98. The van der Waals surface area contributed by atoms with Crippen molar-refractivity contribution in [2.75, 3.05) is 13.7 Å². The molecule has 3 nitrogen and oxygen atoms in total. The molecule has 0 aromatic rings. The van der Waals surface area contributed by atoms with Crippen molar-refractivity contribution in [2.45, 2.75) is 19.3 Å². The summed E-state index contributed by atoms with van der Waals surface area (Å²) in [7, 11) is 1.41. The molecule has 2 unspecified atom stereocenters. The third-order valence-corrected chi connectivity index (χ3v) is 2.42. The molecule has 0 bridgehead atoms. The lowest BCUT2D eigenvalue weighted by molar-refractivity contribution is -0.151. The van der Waals surface area contributed by atoms with E-state index in [2.05, 4.69) is 4.74 Å². The van der Waals surface area contributed by atoms with Gasteiger partial charge in [0.2, 0.25) is 0 Å². The van der Waals surface area contributed by atoms with E-state index in [4.69, 9.17) is 5.11 Å². The van der Waals surface area contributed by atoms with Gasteiger partial charge in [0.1, 0.15) is 0 Å². The zero-order chi connectivity index (χ0) is 8.27. The Hall–Kier alpha value is -0.570. The second-order valence-electron chi connectivity index (χ2n) is 2.98. The number of carbonyl (C=O) groups excluding carboxylic acids is 1. The van der Waals surface area contributed by atoms with E-state index in [1.807, 2.05) is 0 Å². The van der Waals surface area contributed by atoms with Crippen molar-refractivity contribution in [3.8, 4) is 0 Å². The van der Waals surface area contributed by atoms with Crippen LogP contribution in [0.1, 0.15) is 19.3 Å². The van der Waals surface area contributed by atoms with Crippen LogP contribution in [-0.2, 0) is 9.53 Å². The first-order valence-electron chi connectivity index (χ1n) is 3.98. The largest absolute Gasteiger partial charge is 0.469 e. The molecule has 1 fully saturated rings. The number of aliphatic hydroxyl groups excluding tert-OH is 1. The second kappa shape index (κ2) is 3.72. The van der Waals surface area contributed by atoms with E-state index in [9.17, 15) is 4.79 Å². The van der Waals surface area contributed by atoms with E-state index >= 15 is 0 Å². The maximum Gasteiger partial charge on any atom is 0.308 e. The molecule has 2 atom stereocenters. The fraction of sp³-hybridized carbons (Fsp3) is 0.875. The number of carbonyl (C=O) groups is 1. The summed E-state index contributed by atoms with van der Waals surface area (Å²) in [5.74, 6) is 0.314. The molecular formula is C8H14O3. The average molecular weight is 158 g/mol. The number of aliphatic hydroxyl groups is 1. The van der Waals surface area contributed by atoms with Gasteiger partial charge in [-0.3, -0.25) is 4.79 Å². The summed E-state index contributed by atoms with van der Waals surface area (Å²) < 4.78 is 4.61. The zero-order valence-corrected chi connectivity index (χ0v) is 6.75. The summed E-state index contributed by atoms with van der Waals surface area (Å²) >= 11 is 0. The van der Waals surface area contributed by atoms with Crippen molar-refractivity contribution in [2.24, 2.45) is 11.8 Å². The van der Waals surface area contributed by atoms with Gasteiger partial charge in [0.15, 0.2) is 0 Å². The molecule has 1 rings (SSSR count). The topological polar surface area (TPSA) is 46.5 Å². The minimum Gasteiger partial charge on any atom is -0.469 e. The normalized spacial score (nSPS) is 29.3. The van der Waals surface area contributed by atoms with Gasteiger partial charge in [-0.25, -0.2) is 0 Å². The van der Waals surface area contributed by atoms with Crippen LogP contribution >= 0.6 is 0 Å². The van der Waals surface area contributed by atoms with Crippen LogP contribution in [0.4, 0.5) is 0 Å². The Morgan fingerprint density at radius 2 is 2.36 bits per heavy atom. The molecule has 0 spiro atoms. The highest BCUT2D eigenvalue weighted by atomic mass is 16.5. The van der Waals surface area contributed by atoms with Crippen molar-refractivity contribution >= 4 is 5.97 Å². The molecule has 0 amide bonds. The van der Waals surface area contributed by atoms with E-state index in [0.717, 1.165) is 19.3 Å². The first kappa shape index (κ1) is 8.53. The summed E-state index contributed by atoms with van der Waals surface area (Å²) in [4.78, 5) is 11.0. The van der Waals surface area contributed by atoms with Crippen LogP contribution in [0, 0.1) is 11.8 Å². The Morgan fingerprint density at radius 1 is 1.64 bits per heavy atom. The average Bonchev–Trinajstić information content (AvgIpc) is 1.98. The van der Waals surface area contributed by atoms with Crippen LogP contribution in [0.5, 0.6) is 0 Å². The lowest BCUT2D eigenvalue weighted by Gasteiger charge is -2.33. The van der Waals surface area contributed by atoms with E-state index in [-0.39, 0.29) is 18.5 Å². The van der Waals surface area contributed by atoms with Gasteiger partial charge in [0.05, 0.1) is 13.0 Å². The summed E-state index contributed by atoms with van der Waals surface area (Å²) in [6.45, 7) is 0.179. The van der Waals surface area contributed by atoms with E-state index in [1.165, 1.54) is 7.11 Å². The van der Waals surface area contributed by atoms with Crippen LogP contribution in [0.25, 0.3) is 0 Å². The lowest BCUT2D eigenvalue weighted by Crippen LogP contribution is -2.34. The third kappa shape index (κ3) is 1.71. The fourth-order valence-electron chi connectivity index (χ4n) is 1.54. The van der Waals surface area contributed by atoms with Crippen LogP contribution in [0.2, 0.25) is 0 Å². The predicted octanol–water partition coefficient (Wildman–Crippen LogP) is 0.568. The summed E-state index contributed by atoms with van der Waals surface area (Å²) in [5.41, 5.74) is 0. The molecule has 0 radical (unpaired) electrons. The van der Waals surface area contributed by atoms with Crippen LogP contribution in [0.15, 0.2) is 0 Å². The number of ether oxygens (including phenoxy) is 1. The smallest absolute Gasteiger partial charge is 0.308 e. The molecule has 3 heteroatoms. The highest BCUT2D eigenvalue weighted by Gasteiger charge is 2.36. The quantitative estimate of drug-likeness (QED) is 0.611. The molecule has 1 aliphatic rings. The Bertz CT molecular complexity index is 144. The highest BCUT2D eigenvalue weighted by molar-refractivity contribution is 5.73. The fourth-order valence-corrected chi connectivity index (χ4v) is 1.54. The van der Waals surface area contributed by atoms with E-state index in [1.54, 1.807) is 0 Å². The first-order chi connectivity index (χ1) is 5.29. The zero-order valence-electron chi connectivity index (χ0n) is 6.75. The summed E-state index contributed by atoms with van der Waals surface area (Å²) in [6.07, 6.45) is 2.72. The Labute approximate surface area is 66.4 Å². The molecule has 1 N–H and O–H groups in total. The van der Waals surface area contributed by atoms with Crippen molar-refractivity contribution in [3.63, 3.8) is 0 Å². The van der Waals surface area contributed by atoms with E-state index < -0.39 is 0 Å². The van der Waals surface area contributed by atoms with Crippen LogP contribution in [0.3, 0.4) is 0 Å². The number of esters is 1. The molecule has 1 saturated carbocycles. The van der Waals surface area contributed by atoms with Gasteiger partial charge >= 0.3 is 5.97 Å². The molecule has 1 aliphatic carbocycles. The number of methoxy groups -OCH3 is 1. The summed E-state index contributed by atoms with van der Waals surface area (Å²) in [6, 6.07) is 0. The third-order valence-electron chi connectivity index (χ3n) is 2.42. The molecule has 64 valence electrons. The van der Waals surface area contributed by atoms with Gasteiger partial charge in [-0.1, -0.05) is 0 Å². The molecule has 0 heterocycles. The second-order valence-corrected chi connectivity index (χ2v) is 2.98. The van der Waals surface area contributed by atoms with Crippen molar-refractivity contribution < 1.29 is 14.6 Å². The van der Waals surface area contributed by atoms with Crippen molar-refractivity contribution in [1.29, 1.82) is 0 Å². The minimum atomic E-state index is -0.116. The maximum absolute atomic E-state index is 11.0. The van der Waals surface area contributed by atoms with Gasteiger partial charge in [-0.2, -0.15) is 0 Å². The van der Waals surface area contributed by atoms with Crippen molar-refractivity contribution in [1.82, 2.24) is 0 Å². The number of hydrogen-bond acceptors (Lipinski definition) is 3. The summed E-state index contributed by atoms with van der Waals surface area (Å²) in [5, 5.41) is 8.62. The number of rotatable bonds is 3.